The third-order valence-corrected chi connectivity index (χ3v) is 6.06. The first-order chi connectivity index (χ1) is 16.1. The molecule has 0 radical (unpaired) electrons. The largest absolute Gasteiger partial charge is 0.480 e. The van der Waals surface area contributed by atoms with Gasteiger partial charge in [0.25, 0.3) is 0 Å². The molecule has 0 spiro atoms. The van der Waals surface area contributed by atoms with Gasteiger partial charge in [0.2, 0.25) is 0 Å². The van der Waals surface area contributed by atoms with Crippen LogP contribution in [0, 0.1) is 0 Å². The molecule has 4 nitrogen and oxygen atoms in total. The molecule has 3 N–H and O–H groups in total. The van der Waals surface area contributed by atoms with Gasteiger partial charge >= 0.3 is 5.97 Å². The van der Waals surface area contributed by atoms with Crippen molar-refractivity contribution in [3.05, 3.63) is 108 Å². The average Bonchev–Trinajstić information content (AvgIpc) is 2.87. The summed E-state index contributed by atoms with van der Waals surface area (Å²) in [4.78, 5) is 12.1. The summed E-state index contributed by atoms with van der Waals surface area (Å²) in [6, 6.07) is 29.6. The van der Waals surface area contributed by atoms with Gasteiger partial charge in [0.15, 0.2) is 0 Å². The first kappa shape index (κ1) is 26.7. The smallest absolute Gasteiger partial charge is 0.320 e. The summed E-state index contributed by atoms with van der Waals surface area (Å²) in [6.07, 6.45) is 2.54. The van der Waals surface area contributed by atoms with Gasteiger partial charge in [0, 0.05) is 0 Å². The highest BCUT2D eigenvalue weighted by atomic mass is 32.2. The molecule has 0 fully saturated rings. The van der Waals surface area contributed by atoms with Crippen molar-refractivity contribution >= 4 is 17.7 Å². The van der Waals surface area contributed by atoms with E-state index >= 15 is 0 Å². The van der Waals surface area contributed by atoms with Crippen LogP contribution >= 0.6 is 11.8 Å². The molecule has 0 aliphatic heterocycles. The summed E-state index contributed by atoms with van der Waals surface area (Å²) < 4.78 is 0. The Morgan fingerprint density at radius 2 is 1.21 bits per heavy atom. The lowest BCUT2D eigenvalue weighted by molar-refractivity contribution is -0.139. The number of nitrogens with one attached hydrogen (secondary N) is 2. The number of carboxylic acid groups (broad SMARTS) is 1. The monoisotopic (exact) mass is 464 g/mol. The molecule has 3 rings (SSSR count). The highest BCUT2D eigenvalue weighted by molar-refractivity contribution is 7.98. The first-order valence-electron chi connectivity index (χ1n) is 11.5. The van der Waals surface area contributed by atoms with Crippen LogP contribution in [0.1, 0.15) is 37.0 Å². The third-order valence-electron chi connectivity index (χ3n) is 5.42. The van der Waals surface area contributed by atoms with Crippen molar-refractivity contribution in [3.8, 4) is 0 Å². The van der Waals surface area contributed by atoms with Crippen molar-refractivity contribution < 1.29 is 9.90 Å². The number of aliphatic carboxylic acids is 1. The Balaban J connectivity index is 0.000000696. The van der Waals surface area contributed by atoms with E-state index in [1.807, 2.05) is 60.9 Å². The molecule has 0 saturated carbocycles. The van der Waals surface area contributed by atoms with Crippen molar-refractivity contribution in [3.63, 3.8) is 0 Å². The van der Waals surface area contributed by atoms with Gasteiger partial charge in [-0.05, 0) is 48.2 Å². The third kappa shape index (κ3) is 7.46. The van der Waals surface area contributed by atoms with Gasteiger partial charge in [-0.2, -0.15) is 11.8 Å². The molecule has 33 heavy (non-hydrogen) atoms. The summed E-state index contributed by atoms with van der Waals surface area (Å²) in [5.74, 6) is -0.0560. The van der Waals surface area contributed by atoms with E-state index in [1.165, 1.54) is 0 Å². The fraction of sp³-hybridized carbons (Fsp3) is 0.321. The zero-order valence-corrected chi connectivity index (χ0v) is 20.6. The van der Waals surface area contributed by atoms with Crippen LogP contribution in [-0.4, -0.2) is 42.2 Å². The zero-order valence-electron chi connectivity index (χ0n) is 19.8. The number of carboxylic acids is 1. The Kier molecular flexibility index (Phi) is 11.7. The maximum absolute atomic E-state index is 12.1. The molecule has 0 bridgehead atoms. The standard InChI is InChI=1S/C24H25NO2S.C4H11N/c1-28-18-17-22(23(26)27)25-24(19-11-5-2-6-12-19,20-13-7-3-8-14-20)21-15-9-4-10-16-21;1-3-5-4-2/h2-16,22,25H,17-18H2,1H3,(H,26,27);5H,3-4H2,1-2H3/t22-;/m1./s1. The zero-order chi connectivity index (χ0) is 23.9. The van der Waals surface area contributed by atoms with E-state index in [9.17, 15) is 9.90 Å². The van der Waals surface area contributed by atoms with Gasteiger partial charge in [0.1, 0.15) is 6.04 Å². The Morgan fingerprint density at radius 3 is 1.48 bits per heavy atom. The average molecular weight is 465 g/mol. The van der Waals surface area contributed by atoms with E-state index in [1.54, 1.807) is 11.8 Å². The molecular weight excluding hydrogens is 428 g/mol. The van der Waals surface area contributed by atoms with E-state index in [0.717, 1.165) is 35.5 Å². The van der Waals surface area contributed by atoms with Crippen LogP contribution in [-0.2, 0) is 10.3 Å². The van der Waals surface area contributed by atoms with E-state index in [2.05, 4.69) is 60.9 Å². The summed E-state index contributed by atoms with van der Waals surface area (Å²) in [6.45, 7) is 6.39. The molecule has 1 atom stereocenters. The lowest BCUT2D eigenvalue weighted by Crippen LogP contribution is -2.52. The van der Waals surface area contributed by atoms with Crippen molar-refractivity contribution in [1.29, 1.82) is 0 Å². The van der Waals surface area contributed by atoms with Crippen LogP contribution < -0.4 is 10.6 Å². The molecule has 0 aliphatic carbocycles. The summed E-state index contributed by atoms with van der Waals surface area (Å²) >= 11 is 1.66. The second-order valence-electron chi connectivity index (χ2n) is 7.62. The van der Waals surface area contributed by atoms with E-state index in [4.69, 9.17) is 0 Å². The van der Waals surface area contributed by atoms with Gasteiger partial charge in [0.05, 0.1) is 5.54 Å². The number of rotatable bonds is 11. The number of thioether (sulfide) groups is 1. The Labute approximate surface area is 202 Å². The molecular formula is C28H36N2O2S. The van der Waals surface area contributed by atoms with Gasteiger partial charge in [-0.15, -0.1) is 0 Å². The second-order valence-corrected chi connectivity index (χ2v) is 8.61. The molecule has 3 aromatic rings. The maximum Gasteiger partial charge on any atom is 0.320 e. The van der Waals surface area contributed by atoms with Crippen LogP contribution in [0.25, 0.3) is 0 Å². The first-order valence-corrected chi connectivity index (χ1v) is 12.9. The summed E-state index contributed by atoms with van der Waals surface area (Å²) in [5, 5.41) is 16.6. The predicted molar refractivity (Wildman–Crippen MR) is 141 cm³/mol. The van der Waals surface area contributed by atoms with Crippen molar-refractivity contribution in [1.82, 2.24) is 10.6 Å². The van der Waals surface area contributed by atoms with E-state index in [0.29, 0.717) is 6.42 Å². The number of carbonyl (C=O) groups is 1. The topological polar surface area (TPSA) is 61.4 Å². The molecule has 0 saturated heterocycles. The van der Waals surface area contributed by atoms with Gasteiger partial charge in [-0.3, -0.25) is 10.1 Å². The number of hydrogen-bond acceptors (Lipinski definition) is 4. The SMILES string of the molecule is CCNCC.CSCC[C@@H](NC(c1ccccc1)(c1ccccc1)c1ccccc1)C(=O)O. The van der Waals surface area contributed by atoms with E-state index < -0.39 is 17.6 Å². The molecule has 3 aromatic carbocycles. The molecule has 0 aromatic heterocycles. The van der Waals surface area contributed by atoms with Gasteiger partial charge in [-0.1, -0.05) is 105 Å². The minimum atomic E-state index is -0.832. The van der Waals surface area contributed by atoms with E-state index in [-0.39, 0.29) is 0 Å². The predicted octanol–water partition coefficient (Wildman–Crippen LogP) is 5.39. The normalized spacial score (nSPS) is 11.8. The van der Waals surface area contributed by atoms with Crippen molar-refractivity contribution in [2.75, 3.05) is 25.1 Å². The van der Waals surface area contributed by atoms with Crippen LogP contribution in [0.15, 0.2) is 91.0 Å². The minimum absolute atomic E-state index is 0.546. The quantitative estimate of drug-likeness (QED) is 0.332. The number of benzene rings is 3. The molecule has 0 unspecified atom stereocenters. The lowest BCUT2D eigenvalue weighted by atomic mass is 9.76. The highest BCUT2D eigenvalue weighted by Gasteiger charge is 2.39. The Morgan fingerprint density at radius 1 is 0.818 bits per heavy atom. The second kappa shape index (κ2) is 14.5. The van der Waals surface area contributed by atoms with Gasteiger partial charge in [-0.25, -0.2) is 0 Å². The summed E-state index contributed by atoms with van der Waals surface area (Å²) in [7, 11) is 0. The van der Waals surface area contributed by atoms with Crippen LogP contribution in [0.2, 0.25) is 0 Å². The van der Waals surface area contributed by atoms with Crippen LogP contribution in [0.3, 0.4) is 0 Å². The molecule has 5 heteroatoms. The highest BCUT2D eigenvalue weighted by Crippen LogP contribution is 2.37. The number of hydrogen-bond donors (Lipinski definition) is 3. The maximum atomic E-state index is 12.1. The Bertz CT molecular complexity index is 822. The van der Waals surface area contributed by atoms with Crippen molar-refractivity contribution in [2.45, 2.75) is 31.8 Å². The minimum Gasteiger partial charge on any atom is -0.480 e. The molecule has 0 amide bonds. The van der Waals surface area contributed by atoms with Crippen molar-refractivity contribution in [2.24, 2.45) is 0 Å². The molecule has 0 aliphatic rings. The molecule has 176 valence electrons. The fourth-order valence-electron chi connectivity index (χ4n) is 3.82. The summed E-state index contributed by atoms with van der Waals surface area (Å²) in [5.41, 5.74) is 2.29. The van der Waals surface area contributed by atoms with Crippen LogP contribution in [0.4, 0.5) is 0 Å². The fourth-order valence-corrected chi connectivity index (χ4v) is 4.29. The van der Waals surface area contributed by atoms with Crippen LogP contribution in [0.5, 0.6) is 0 Å². The van der Waals surface area contributed by atoms with Gasteiger partial charge < -0.3 is 10.4 Å². The lowest BCUT2D eigenvalue weighted by Gasteiger charge is -2.39. The molecule has 0 heterocycles. The Hall–Kier alpha value is -2.60.